The van der Waals surface area contributed by atoms with E-state index in [1.807, 2.05) is 24.3 Å². The molecule has 0 radical (unpaired) electrons. The fraction of sp³-hybridized carbons (Fsp3) is 0.357. The highest BCUT2D eigenvalue weighted by Crippen LogP contribution is 2.20. The maximum Gasteiger partial charge on any atom is 0.332 e. The van der Waals surface area contributed by atoms with Gasteiger partial charge in [-0.15, -0.1) is 6.42 Å². The molecule has 18 heavy (non-hydrogen) atoms. The van der Waals surface area contributed by atoms with Crippen molar-refractivity contribution in [3.05, 3.63) is 29.8 Å². The number of ether oxygens (including phenoxy) is 1. The van der Waals surface area contributed by atoms with Crippen LogP contribution in [0.4, 0.5) is 5.69 Å². The molecule has 2 atom stereocenters. The van der Waals surface area contributed by atoms with E-state index in [2.05, 4.69) is 11.2 Å². The zero-order valence-electron chi connectivity index (χ0n) is 9.93. The van der Waals surface area contributed by atoms with Crippen molar-refractivity contribution in [1.82, 2.24) is 0 Å². The van der Waals surface area contributed by atoms with Crippen LogP contribution in [-0.4, -0.2) is 29.8 Å². The lowest BCUT2D eigenvalue weighted by atomic mass is 10.2. The van der Waals surface area contributed by atoms with E-state index in [0.717, 1.165) is 17.7 Å². The summed E-state index contributed by atoms with van der Waals surface area (Å²) in [6, 6.07) is 7.54. The van der Waals surface area contributed by atoms with Gasteiger partial charge in [0.15, 0.2) is 6.10 Å². The molecule has 0 aromatic heterocycles. The van der Waals surface area contributed by atoms with Crippen LogP contribution in [0.25, 0.3) is 0 Å². The monoisotopic (exact) mass is 245 g/mol. The molecule has 0 bridgehead atoms. The molecule has 1 aromatic carbocycles. The molecular weight excluding hydrogens is 230 g/mol. The third-order valence-corrected chi connectivity index (χ3v) is 2.95. The average Bonchev–Trinajstić information content (AvgIpc) is 2.85. The van der Waals surface area contributed by atoms with Gasteiger partial charge in [0.05, 0.1) is 6.10 Å². The topological polar surface area (TPSA) is 58.6 Å². The minimum absolute atomic E-state index is 0.0550. The summed E-state index contributed by atoms with van der Waals surface area (Å²) in [5, 5.41) is 12.0. The van der Waals surface area contributed by atoms with Gasteiger partial charge in [-0.05, 0) is 31.0 Å². The van der Waals surface area contributed by atoms with Crippen molar-refractivity contribution in [3.63, 3.8) is 0 Å². The van der Waals surface area contributed by atoms with Crippen molar-refractivity contribution in [1.29, 1.82) is 0 Å². The summed E-state index contributed by atoms with van der Waals surface area (Å²) in [6.45, 7) is 0.595. The summed E-state index contributed by atoms with van der Waals surface area (Å²) < 4.78 is 5.40. The lowest BCUT2D eigenvalue weighted by Gasteiger charge is -2.13. The minimum Gasteiger partial charge on any atom is -0.479 e. The molecule has 4 heteroatoms. The number of carbonyl (C=O) groups is 1. The second-order valence-electron chi connectivity index (χ2n) is 4.27. The minimum atomic E-state index is -0.883. The predicted molar refractivity (Wildman–Crippen MR) is 68.4 cm³/mol. The molecule has 1 fully saturated rings. The van der Waals surface area contributed by atoms with Crippen LogP contribution in [0.1, 0.15) is 18.4 Å². The summed E-state index contributed by atoms with van der Waals surface area (Å²) >= 11 is 0. The molecule has 1 heterocycles. The summed E-state index contributed by atoms with van der Waals surface area (Å²) in [5.74, 6) is 1.69. The second kappa shape index (κ2) is 5.56. The van der Waals surface area contributed by atoms with E-state index in [9.17, 15) is 4.79 Å². The first-order valence-electron chi connectivity index (χ1n) is 5.88. The number of benzene rings is 1. The van der Waals surface area contributed by atoms with Crippen LogP contribution in [0.3, 0.4) is 0 Å². The van der Waals surface area contributed by atoms with Gasteiger partial charge in [-0.2, -0.15) is 0 Å². The van der Waals surface area contributed by atoms with Crippen molar-refractivity contribution < 1.29 is 14.6 Å². The highest BCUT2D eigenvalue weighted by Gasteiger charge is 2.30. The predicted octanol–water partition coefficient (Wildman–Crippen LogP) is 1.71. The van der Waals surface area contributed by atoms with E-state index in [4.69, 9.17) is 16.3 Å². The zero-order valence-corrected chi connectivity index (χ0v) is 9.93. The largest absolute Gasteiger partial charge is 0.479 e. The number of hydrogen-bond donors (Lipinski definition) is 2. The molecule has 2 unspecified atom stereocenters. The lowest BCUT2D eigenvalue weighted by Crippen LogP contribution is -2.24. The molecule has 1 aliphatic heterocycles. The number of hydrogen-bond acceptors (Lipinski definition) is 3. The summed E-state index contributed by atoms with van der Waals surface area (Å²) in [5.41, 5.74) is 1.74. The number of rotatable bonds is 4. The SMILES string of the molecule is C#Cc1cccc(NCC2CCC(C(=O)O)O2)c1. The van der Waals surface area contributed by atoms with Gasteiger partial charge in [0, 0.05) is 17.8 Å². The molecule has 0 spiro atoms. The smallest absolute Gasteiger partial charge is 0.332 e. The van der Waals surface area contributed by atoms with E-state index >= 15 is 0 Å². The van der Waals surface area contributed by atoms with Crippen LogP contribution in [-0.2, 0) is 9.53 Å². The molecule has 4 nitrogen and oxygen atoms in total. The van der Waals surface area contributed by atoms with E-state index in [1.54, 1.807) is 0 Å². The number of carboxylic acids is 1. The number of carboxylic acid groups (broad SMARTS) is 1. The maximum absolute atomic E-state index is 10.7. The molecule has 0 aliphatic carbocycles. The Morgan fingerprint density at radius 1 is 1.56 bits per heavy atom. The molecule has 94 valence electrons. The number of anilines is 1. The van der Waals surface area contributed by atoms with E-state index in [-0.39, 0.29) is 6.10 Å². The Bertz CT molecular complexity index is 478. The van der Waals surface area contributed by atoms with Crippen LogP contribution in [0.5, 0.6) is 0 Å². The third-order valence-electron chi connectivity index (χ3n) is 2.95. The highest BCUT2D eigenvalue weighted by molar-refractivity contribution is 5.72. The molecular formula is C14H15NO3. The molecule has 0 amide bonds. The molecule has 1 aromatic rings. The first-order valence-corrected chi connectivity index (χ1v) is 5.88. The van der Waals surface area contributed by atoms with Gasteiger partial charge in [-0.25, -0.2) is 4.79 Å². The van der Waals surface area contributed by atoms with Crippen LogP contribution in [0.15, 0.2) is 24.3 Å². The Hall–Kier alpha value is -1.99. The van der Waals surface area contributed by atoms with Crippen LogP contribution in [0.2, 0.25) is 0 Å². The van der Waals surface area contributed by atoms with Gasteiger partial charge >= 0.3 is 5.97 Å². The average molecular weight is 245 g/mol. The first kappa shape index (κ1) is 12.5. The van der Waals surface area contributed by atoms with Crippen LogP contribution >= 0.6 is 0 Å². The standard InChI is InChI=1S/C14H15NO3/c1-2-10-4-3-5-11(8-10)15-9-12-6-7-13(18-12)14(16)17/h1,3-5,8,12-13,15H,6-7,9H2,(H,16,17). The number of aliphatic carboxylic acids is 1. The zero-order chi connectivity index (χ0) is 13.0. The van der Waals surface area contributed by atoms with Crippen molar-refractivity contribution in [2.75, 3.05) is 11.9 Å². The molecule has 2 N–H and O–H groups in total. The molecule has 1 aliphatic rings. The third kappa shape index (κ3) is 3.02. The Morgan fingerprint density at radius 2 is 2.39 bits per heavy atom. The highest BCUT2D eigenvalue weighted by atomic mass is 16.5. The van der Waals surface area contributed by atoms with E-state index in [1.165, 1.54) is 0 Å². The van der Waals surface area contributed by atoms with Crippen molar-refractivity contribution >= 4 is 11.7 Å². The van der Waals surface area contributed by atoms with Crippen LogP contribution < -0.4 is 5.32 Å². The van der Waals surface area contributed by atoms with E-state index in [0.29, 0.717) is 13.0 Å². The summed E-state index contributed by atoms with van der Waals surface area (Å²) in [4.78, 5) is 10.7. The van der Waals surface area contributed by atoms with Gasteiger partial charge < -0.3 is 15.2 Å². The Kier molecular flexibility index (Phi) is 3.85. The summed E-state index contributed by atoms with van der Waals surface area (Å²) in [6.07, 6.45) is 5.95. The van der Waals surface area contributed by atoms with Gasteiger partial charge in [0.2, 0.25) is 0 Å². The van der Waals surface area contributed by atoms with Gasteiger partial charge in [0.25, 0.3) is 0 Å². The Morgan fingerprint density at radius 3 is 3.06 bits per heavy atom. The van der Waals surface area contributed by atoms with Crippen molar-refractivity contribution in [2.24, 2.45) is 0 Å². The second-order valence-corrected chi connectivity index (χ2v) is 4.27. The Labute approximate surface area is 106 Å². The molecule has 2 rings (SSSR count). The summed E-state index contributed by atoms with van der Waals surface area (Å²) in [7, 11) is 0. The maximum atomic E-state index is 10.7. The Balaban J connectivity index is 1.85. The lowest BCUT2D eigenvalue weighted by molar-refractivity contribution is -0.149. The van der Waals surface area contributed by atoms with Gasteiger partial charge in [-0.3, -0.25) is 0 Å². The normalized spacial score (nSPS) is 22.4. The molecule has 0 saturated carbocycles. The van der Waals surface area contributed by atoms with Crippen molar-refractivity contribution in [3.8, 4) is 12.3 Å². The fourth-order valence-corrected chi connectivity index (χ4v) is 1.99. The number of terminal acetylenes is 1. The number of nitrogens with one attached hydrogen (secondary N) is 1. The van der Waals surface area contributed by atoms with Gasteiger partial charge in [-0.1, -0.05) is 12.0 Å². The first-order chi connectivity index (χ1) is 8.69. The quantitative estimate of drug-likeness (QED) is 0.793. The van der Waals surface area contributed by atoms with E-state index < -0.39 is 12.1 Å². The fourth-order valence-electron chi connectivity index (χ4n) is 1.99. The van der Waals surface area contributed by atoms with Gasteiger partial charge in [0.1, 0.15) is 0 Å². The van der Waals surface area contributed by atoms with Crippen molar-refractivity contribution in [2.45, 2.75) is 25.0 Å². The molecule has 1 saturated heterocycles. The van der Waals surface area contributed by atoms with Crippen LogP contribution in [0, 0.1) is 12.3 Å².